The molecule has 2 aromatic rings. The van der Waals surface area contributed by atoms with Gasteiger partial charge in [-0.3, -0.25) is 9.59 Å². The van der Waals surface area contributed by atoms with E-state index in [1.165, 1.54) is 0 Å². The number of carbonyl (C=O) groups excluding carboxylic acids is 2. The number of benzene rings is 2. The van der Waals surface area contributed by atoms with Crippen LogP contribution in [0.25, 0.3) is 11.1 Å². The maximum absolute atomic E-state index is 12.2. The van der Waals surface area contributed by atoms with Gasteiger partial charge in [0, 0.05) is 25.2 Å². The molecule has 3 rings (SSSR count). The number of rotatable bonds is 5. The molecule has 2 amide bonds. The van der Waals surface area contributed by atoms with E-state index in [0.29, 0.717) is 12.0 Å². The van der Waals surface area contributed by atoms with Gasteiger partial charge in [0.25, 0.3) is 5.91 Å². The second-order valence-corrected chi connectivity index (χ2v) is 6.29. The standard InChI is InChI=1S/C20H23N3O2/c1-21-19(24)12-14-2-4-15(5-3-14)16-6-8-17(9-7-16)20(25)23-18-10-11-22-13-18/h2-9,18,22H,10-13H2,1H3,(H,21,24)(H,23,25)/t18-/m1/s1. The highest BCUT2D eigenvalue weighted by molar-refractivity contribution is 5.95. The van der Waals surface area contributed by atoms with E-state index in [2.05, 4.69) is 16.0 Å². The summed E-state index contributed by atoms with van der Waals surface area (Å²) in [5, 5.41) is 8.91. The van der Waals surface area contributed by atoms with E-state index < -0.39 is 0 Å². The van der Waals surface area contributed by atoms with Crippen LogP contribution >= 0.6 is 0 Å². The highest BCUT2D eigenvalue weighted by Crippen LogP contribution is 2.20. The highest BCUT2D eigenvalue weighted by atomic mass is 16.2. The van der Waals surface area contributed by atoms with Gasteiger partial charge < -0.3 is 16.0 Å². The molecule has 1 aliphatic heterocycles. The van der Waals surface area contributed by atoms with E-state index >= 15 is 0 Å². The number of hydrogen-bond acceptors (Lipinski definition) is 3. The zero-order valence-electron chi connectivity index (χ0n) is 14.3. The van der Waals surface area contributed by atoms with Gasteiger partial charge in [0.2, 0.25) is 5.91 Å². The maximum Gasteiger partial charge on any atom is 0.251 e. The van der Waals surface area contributed by atoms with Crippen LogP contribution in [0.3, 0.4) is 0 Å². The molecular weight excluding hydrogens is 314 g/mol. The molecule has 0 spiro atoms. The van der Waals surface area contributed by atoms with Crippen LogP contribution in [0.5, 0.6) is 0 Å². The van der Waals surface area contributed by atoms with Crippen LogP contribution in [0.4, 0.5) is 0 Å². The molecule has 3 N–H and O–H groups in total. The molecule has 0 radical (unpaired) electrons. The highest BCUT2D eigenvalue weighted by Gasteiger charge is 2.17. The van der Waals surface area contributed by atoms with Gasteiger partial charge in [-0.1, -0.05) is 36.4 Å². The lowest BCUT2D eigenvalue weighted by molar-refractivity contribution is -0.119. The van der Waals surface area contributed by atoms with Gasteiger partial charge in [-0.05, 0) is 41.8 Å². The molecule has 0 unspecified atom stereocenters. The zero-order valence-corrected chi connectivity index (χ0v) is 14.3. The van der Waals surface area contributed by atoms with E-state index in [1.807, 2.05) is 48.5 Å². The lowest BCUT2D eigenvalue weighted by Gasteiger charge is -2.11. The Morgan fingerprint density at radius 2 is 1.68 bits per heavy atom. The largest absolute Gasteiger partial charge is 0.359 e. The van der Waals surface area contributed by atoms with Gasteiger partial charge in [-0.15, -0.1) is 0 Å². The van der Waals surface area contributed by atoms with E-state index in [0.717, 1.165) is 36.2 Å². The minimum absolute atomic E-state index is 0.000535. The summed E-state index contributed by atoms with van der Waals surface area (Å²) in [5.41, 5.74) is 3.76. The van der Waals surface area contributed by atoms with Crippen molar-refractivity contribution in [1.82, 2.24) is 16.0 Å². The van der Waals surface area contributed by atoms with Crippen LogP contribution in [0.2, 0.25) is 0 Å². The first-order valence-electron chi connectivity index (χ1n) is 8.57. The van der Waals surface area contributed by atoms with Gasteiger partial charge in [0.15, 0.2) is 0 Å². The van der Waals surface area contributed by atoms with E-state index in [4.69, 9.17) is 0 Å². The Labute approximate surface area is 147 Å². The summed E-state index contributed by atoms with van der Waals surface area (Å²) in [7, 11) is 1.64. The Morgan fingerprint density at radius 3 is 2.24 bits per heavy atom. The fourth-order valence-corrected chi connectivity index (χ4v) is 2.95. The van der Waals surface area contributed by atoms with E-state index in [1.54, 1.807) is 7.05 Å². The Balaban J connectivity index is 1.65. The molecule has 1 saturated heterocycles. The van der Waals surface area contributed by atoms with Crippen molar-refractivity contribution in [3.63, 3.8) is 0 Å². The number of hydrogen-bond donors (Lipinski definition) is 3. The molecule has 1 heterocycles. The van der Waals surface area contributed by atoms with Crippen molar-refractivity contribution in [3.8, 4) is 11.1 Å². The van der Waals surface area contributed by atoms with Crippen LogP contribution in [-0.4, -0.2) is 38.0 Å². The van der Waals surface area contributed by atoms with Crippen molar-refractivity contribution in [3.05, 3.63) is 59.7 Å². The van der Waals surface area contributed by atoms with Gasteiger partial charge in [-0.25, -0.2) is 0 Å². The van der Waals surface area contributed by atoms with Gasteiger partial charge in [0.05, 0.1) is 6.42 Å². The minimum atomic E-state index is -0.0267. The quantitative estimate of drug-likeness (QED) is 0.778. The van der Waals surface area contributed by atoms with Crippen molar-refractivity contribution < 1.29 is 9.59 Å². The topological polar surface area (TPSA) is 70.2 Å². The molecular formula is C20H23N3O2. The Morgan fingerprint density at radius 1 is 1.04 bits per heavy atom. The van der Waals surface area contributed by atoms with E-state index in [9.17, 15) is 9.59 Å². The number of amides is 2. The Hall–Kier alpha value is -2.66. The van der Waals surface area contributed by atoms with Crippen molar-refractivity contribution >= 4 is 11.8 Å². The molecule has 25 heavy (non-hydrogen) atoms. The fraction of sp³-hybridized carbons (Fsp3) is 0.300. The van der Waals surface area contributed by atoms with Crippen molar-refractivity contribution in [2.45, 2.75) is 18.9 Å². The third kappa shape index (κ3) is 4.45. The normalized spacial score (nSPS) is 16.4. The van der Waals surface area contributed by atoms with Crippen molar-refractivity contribution in [2.24, 2.45) is 0 Å². The number of likely N-dealkylation sites (N-methyl/N-ethyl adjacent to an activating group) is 1. The second kappa shape index (κ2) is 7.94. The summed E-state index contributed by atoms with van der Waals surface area (Å²) in [6.07, 6.45) is 1.36. The summed E-state index contributed by atoms with van der Waals surface area (Å²) >= 11 is 0. The van der Waals surface area contributed by atoms with Crippen LogP contribution in [-0.2, 0) is 11.2 Å². The summed E-state index contributed by atoms with van der Waals surface area (Å²) in [6, 6.07) is 15.7. The van der Waals surface area contributed by atoms with Gasteiger partial charge >= 0.3 is 0 Å². The molecule has 5 nitrogen and oxygen atoms in total. The molecule has 0 saturated carbocycles. The third-order valence-corrected chi connectivity index (χ3v) is 4.47. The lowest BCUT2D eigenvalue weighted by atomic mass is 10.0. The molecule has 0 bridgehead atoms. The fourth-order valence-electron chi connectivity index (χ4n) is 2.95. The monoisotopic (exact) mass is 337 g/mol. The lowest BCUT2D eigenvalue weighted by Crippen LogP contribution is -2.36. The zero-order chi connectivity index (χ0) is 17.6. The predicted octanol–water partition coefficient (Wildman–Crippen LogP) is 1.73. The van der Waals surface area contributed by atoms with Crippen molar-refractivity contribution in [2.75, 3.05) is 20.1 Å². The first kappa shape index (κ1) is 17.2. The average Bonchev–Trinajstić information content (AvgIpc) is 3.15. The first-order chi connectivity index (χ1) is 12.2. The molecule has 1 fully saturated rings. The SMILES string of the molecule is CNC(=O)Cc1ccc(-c2ccc(C(=O)N[C@@H]3CCNC3)cc2)cc1. The molecule has 130 valence electrons. The molecule has 5 heteroatoms. The third-order valence-electron chi connectivity index (χ3n) is 4.47. The minimum Gasteiger partial charge on any atom is -0.359 e. The number of nitrogens with one attached hydrogen (secondary N) is 3. The van der Waals surface area contributed by atoms with Crippen LogP contribution in [0, 0.1) is 0 Å². The summed E-state index contributed by atoms with van der Waals surface area (Å²) in [5.74, 6) is -0.0262. The summed E-state index contributed by atoms with van der Waals surface area (Å²) in [4.78, 5) is 23.7. The van der Waals surface area contributed by atoms with Crippen LogP contribution in [0.15, 0.2) is 48.5 Å². The first-order valence-corrected chi connectivity index (χ1v) is 8.57. The number of carbonyl (C=O) groups is 2. The summed E-state index contributed by atoms with van der Waals surface area (Å²) in [6.45, 7) is 1.80. The van der Waals surface area contributed by atoms with E-state index in [-0.39, 0.29) is 17.9 Å². The molecule has 1 atom stereocenters. The van der Waals surface area contributed by atoms with Gasteiger partial charge in [-0.2, -0.15) is 0 Å². The second-order valence-electron chi connectivity index (χ2n) is 6.29. The molecule has 2 aromatic carbocycles. The predicted molar refractivity (Wildman–Crippen MR) is 98.4 cm³/mol. The van der Waals surface area contributed by atoms with Crippen LogP contribution < -0.4 is 16.0 Å². The van der Waals surface area contributed by atoms with Gasteiger partial charge in [0.1, 0.15) is 0 Å². The summed E-state index contributed by atoms with van der Waals surface area (Å²) < 4.78 is 0. The molecule has 0 aliphatic carbocycles. The molecule has 0 aromatic heterocycles. The Bertz CT molecular complexity index is 733. The van der Waals surface area contributed by atoms with Crippen LogP contribution in [0.1, 0.15) is 22.3 Å². The Kier molecular flexibility index (Phi) is 5.46. The molecule has 1 aliphatic rings. The average molecular weight is 337 g/mol. The van der Waals surface area contributed by atoms with Crippen molar-refractivity contribution in [1.29, 1.82) is 0 Å². The smallest absolute Gasteiger partial charge is 0.251 e. The maximum atomic E-state index is 12.2.